The van der Waals surface area contributed by atoms with Crippen molar-refractivity contribution in [3.63, 3.8) is 0 Å². The number of phenols is 1. The molecule has 0 saturated heterocycles. The molecule has 1 saturated carbocycles. The third kappa shape index (κ3) is 9.02. The van der Waals surface area contributed by atoms with E-state index in [9.17, 15) is 19.4 Å². The van der Waals surface area contributed by atoms with Crippen LogP contribution in [0.5, 0.6) is 11.5 Å². The van der Waals surface area contributed by atoms with Crippen LogP contribution in [0.1, 0.15) is 103 Å². The molecule has 0 amide bonds. The Balaban J connectivity index is 0.00000533. The third-order valence-electron chi connectivity index (χ3n) is 7.48. The molecule has 0 aromatic heterocycles. The molecule has 0 aliphatic heterocycles. The van der Waals surface area contributed by atoms with Gasteiger partial charge in [-0.1, -0.05) is 57.4 Å². The lowest BCUT2D eigenvalue weighted by Gasteiger charge is -2.32. The van der Waals surface area contributed by atoms with Gasteiger partial charge in [0.25, 0.3) is 0 Å². The number of phosphoric acid groups is 1. The van der Waals surface area contributed by atoms with Crippen LogP contribution in [-0.2, 0) is 24.8 Å². The molecule has 3 atom stereocenters. The molecular weight excluding hydrogens is 517 g/mol. The predicted molar refractivity (Wildman–Crippen MR) is 154 cm³/mol. The van der Waals surface area contributed by atoms with Crippen LogP contribution in [0.15, 0.2) is 35.9 Å². The first-order chi connectivity index (χ1) is 17.9. The Labute approximate surface area is 234 Å². The van der Waals surface area contributed by atoms with E-state index in [1.165, 1.54) is 5.57 Å². The highest BCUT2D eigenvalue weighted by atomic mass is 31.2. The van der Waals surface area contributed by atoms with Crippen molar-refractivity contribution in [2.45, 2.75) is 104 Å². The van der Waals surface area contributed by atoms with Crippen molar-refractivity contribution in [2.75, 3.05) is 6.61 Å². The molecule has 220 valence electrons. The summed E-state index contributed by atoms with van der Waals surface area (Å²) < 4.78 is 29.0. The van der Waals surface area contributed by atoms with Crippen LogP contribution in [0.4, 0.5) is 0 Å². The van der Waals surface area contributed by atoms with Gasteiger partial charge in [-0.2, -0.15) is 0 Å². The summed E-state index contributed by atoms with van der Waals surface area (Å²) in [6.45, 7) is 14.4. The zero-order valence-corrected chi connectivity index (χ0v) is 25.2. The zero-order chi connectivity index (χ0) is 28.1. The Morgan fingerprint density at radius 3 is 2.54 bits per heavy atom. The average Bonchev–Trinajstić information content (AvgIpc) is 3.58. The van der Waals surface area contributed by atoms with Crippen LogP contribution in [0.2, 0.25) is 0 Å². The second kappa shape index (κ2) is 14.1. The number of aryl methyl sites for hydroxylation is 1. The summed E-state index contributed by atoms with van der Waals surface area (Å²) in [5.41, 5.74) is 2.10. The Bertz CT molecular complexity index is 1090. The summed E-state index contributed by atoms with van der Waals surface area (Å²) in [4.78, 5) is 23.7. The number of carbonyl (C=O) groups is 1. The van der Waals surface area contributed by atoms with Crippen molar-refractivity contribution in [1.82, 2.24) is 6.15 Å². The van der Waals surface area contributed by atoms with Gasteiger partial charge in [-0.25, -0.2) is 9.36 Å². The van der Waals surface area contributed by atoms with Gasteiger partial charge in [0.05, 0.1) is 6.61 Å². The van der Waals surface area contributed by atoms with Gasteiger partial charge in [-0.3, -0.25) is 9.05 Å². The molecule has 2 aliphatic rings. The lowest BCUT2D eigenvalue weighted by Crippen LogP contribution is -2.31. The molecule has 39 heavy (non-hydrogen) atoms. The summed E-state index contributed by atoms with van der Waals surface area (Å²) in [7, 11) is -4.44. The van der Waals surface area contributed by atoms with E-state index in [0.717, 1.165) is 49.7 Å². The topological polar surface area (TPSA) is 137 Å². The molecule has 2 aliphatic carbocycles. The van der Waals surface area contributed by atoms with E-state index < -0.39 is 19.4 Å². The minimum atomic E-state index is -4.44. The maximum Gasteiger partial charge on any atom is 0.473 e. The molecule has 8 nitrogen and oxygen atoms in total. The fourth-order valence-electron chi connectivity index (χ4n) is 5.01. The smallest absolute Gasteiger partial charge is 0.473 e. The van der Waals surface area contributed by atoms with E-state index in [1.807, 2.05) is 26.8 Å². The van der Waals surface area contributed by atoms with Crippen LogP contribution in [0.3, 0.4) is 0 Å². The Morgan fingerprint density at radius 2 is 1.95 bits per heavy atom. The van der Waals surface area contributed by atoms with Gasteiger partial charge in [0.1, 0.15) is 11.5 Å². The number of esters is 1. The summed E-state index contributed by atoms with van der Waals surface area (Å²) in [6.07, 6.45) is 8.90. The van der Waals surface area contributed by atoms with Crippen molar-refractivity contribution in [2.24, 2.45) is 11.8 Å². The Hall–Kier alpha value is -1.96. The molecule has 1 aromatic carbocycles. The molecule has 0 bridgehead atoms. The van der Waals surface area contributed by atoms with Crippen LogP contribution < -0.4 is 10.9 Å². The molecule has 1 unspecified atom stereocenters. The number of unbranched alkanes of at least 4 members (excludes halogenated alkanes) is 2. The highest BCUT2D eigenvalue weighted by Crippen LogP contribution is 2.56. The monoisotopic (exact) mass is 565 g/mol. The van der Waals surface area contributed by atoms with Crippen molar-refractivity contribution >= 4 is 13.8 Å². The van der Waals surface area contributed by atoms with Gasteiger partial charge in [0, 0.05) is 11.5 Å². The molecule has 0 heterocycles. The number of ether oxygens (including phenoxy) is 1. The molecule has 0 spiro atoms. The van der Waals surface area contributed by atoms with Crippen molar-refractivity contribution < 1.29 is 33.1 Å². The normalized spacial score (nSPS) is 21.5. The minimum Gasteiger partial charge on any atom is -0.507 e. The minimum absolute atomic E-state index is 0. The van der Waals surface area contributed by atoms with Gasteiger partial charge in [-0.05, 0) is 88.3 Å². The van der Waals surface area contributed by atoms with Crippen LogP contribution >= 0.6 is 7.82 Å². The molecular formula is C30H48NO7P. The van der Waals surface area contributed by atoms with E-state index in [0.29, 0.717) is 17.9 Å². The van der Waals surface area contributed by atoms with Crippen LogP contribution in [0.25, 0.3) is 0 Å². The van der Waals surface area contributed by atoms with E-state index in [1.54, 1.807) is 6.07 Å². The van der Waals surface area contributed by atoms with Gasteiger partial charge >= 0.3 is 13.8 Å². The highest BCUT2D eigenvalue weighted by molar-refractivity contribution is 7.47. The van der Waals surface area contributed by atoms with Crippen molar-refractivity contribution in [1.29, 1.82) is 0 Å². The fourth-order valence-corrected chi connectivity index (χ4v) is 6.09. The predicted octanol–water partition coefficient (Wildman–Crippen LogP) is 7.92. The molecule has 9 heteroatoms. The second-order valence-corrected chi connectivity index (χ2v) is 12.9. The fraction of sp³-hybridized carbons (Fsp3) is 0.633. The molecule has 1 aromatic rings. The lowest BCUT2D eigenvalue weighted by atomic mass is 9.73. The van der Waals surface area contributed by atoms with Crippen LogP contribution in [-0.4, -0.2) is 28.2 Å². The molecule has 1 fully saturated rings. The number of aromatic hydroxyl groups is 1. The van der Waals surface area contributed by atoms with Crippen LogP contribution in [0, 0.1) is 11.8 Å². The Kier molecular flexibility index (Phi) is 12.0. The third-order valence-corrected chi connectivity index (χ3v) is 8.57. The van der Waals surface area contributed by atoms with Crippen molar-refractivity contribution in [3.05, 3.63) is 47.1 Å². The number of allylic oxidation sites excluding steroid dienone is 3. The number of rotatable bonds is 14. The molecule has 3 rings (SSSR count). The van der Waals surface area contributed by atoms with Gasteiger partial charge < -0.3 is 20.9 Å². The number of phosphoric ester groups is 1. The number of hydrogen-bond acceptors (Lipinski definition) is 7. The Morgan fingerprint density at radius 1 is 1.26 bits per heavy atom. The summed E-state index contributed by atoms with van der Waals surface area (Å²) >= 11 is 0. The van der Waals surface area contributed by atoms with E-state index in [-0.39, 0.29) is 48.9 Å². The average molecular weight is 566 g/mol. The molecule has 5 N–H and O–H groups in total. The quantitative estimate of drug-likeness (QED) is 0.0680. The number of carbonyl (C=O) groups excluding carboxylic acids is 1. The number of benzene rings is 1. The SMILES string of the molecule is C=C(C)[C@@H]1CCC(C)=C[C@H]1c1c(O)cc(CCCCC)cc1OC(=O)C1(OP(=O)(O)OCCC(C)C)CC1.N. The van der Waals surface area contributed by atoms with Gasteiger partial charge in [0.15, 0.2) is 5.60 Å². The largest absolute Gasteiger partial charge is 0.507 e. The maximum atomic E-state index is 13.4. The number of phenolic OH excluding ortho intramolecular Hbond substituents is 1. The summed E-state index contributed by atoms with van der Waals surface area (Å²) in [5.74, 6) is -0.203. The van der Waals surface area contributed by atoms with Gasteiger partial charge in [-0.15, -0.1) is 0 Å². The van der Waals surface area contributed by atoms with E-state index >= 15 is 0 Å². The standard InChI is InChI=1S/C30H45O7P.H3N/c1-7-8-9-10-23-18-26(31)28(25-17-22(6)11-12-24(25)21(4)5)27(19-23)36-29(32)30(14-15-30)37-38(33,34)35-16-13-20(2)3;/h17-20,24-25,31H,4,7-16H2,1-3,5-6H3,(H,33,34);1H3/t24-,25+;/m0./s1. The second-order valence-electron chi connectivity index (χ2n) is 11.5. The summed E-state index contributed by atoms with van der Waals surface area (Å²) in [6, 6.07) is 3.59. The van der Waals surface area contributed by atoms with Crippen molar-refractivity contribution in [3.8, 4) is 11.5 Å². The molecule has 0 radical (unpaired) electrons. The summed E-state index contributed by atoms with van der Waals surface area (Å²) in [5, 5.41) is 11.2. The first-order valence-electron chi connectivity index (χ1n) is 14.0. The maximum absolute atomic E-state index is 13.4. The number of hydrogen-bond donors (Lipinski definition) is 3. The zero-order valence-electron chi connectivity index (χ0n) is 24.3. The first kappa shape index (κ1) is 33.2. The van der Waals surface area contributed by atoms with E-state index in [4.69, 9.17) is 13.8 Å². The first-order valence-corrected chi connectivity index (χ1v) is 15.5. The lowest BCUT2D eigenvalue weighted by molar-refractivity contribution is -0.145. The highest BCUT2D eigenvalue weighted by Gasteiger charge is 2.58. The van der Waals surface area contributed by atoms with Gasteiger partial charge in [0.2, 0.25) is 0 Å². The van der Waals surface area contributed by atoms with E-state index in [2.05, 4.69) is 26.5 Å².